The number of carbonyl (C=O) groups excluding carboxylic acids is 3. The van der Waals surface area contributed by atoms with E-state index in [1.807, 2.05) is 67.6 Å². The minimum Gasteiger partial charge on any atom is -0.321 e. The predicted octanol–water partition coefficient (Wildman–Crippen LogP) is 6.75. The van der Waals surface area contributed by atoms with Crippen LogP contribution in [0.25, 0.3) is 16.3 Å². The molecule has 5 rings (SSSR count). The molecule has 0 aliphatic carbocycles. The van der Waals surface area contributed by atoms with Gasteiger partial charge in [0.1, 0.15) is 5.70 Å². The quantitative estimate of drug-likeness (QED) is 0.133. The van der Waals surface area contributed by atoms with Crippen LogP contribution in [0.4, 0.5) is 10.8 Å². The predicted molar refractivity (Wildman–Crippen MR) is 167 cm³/mol. The van der Waals surface area contributed by atoms with Crippen molar-refractivity contribution >= 4 is 67.9 Å². The maximum absolute atomic E-state index is 13.3. The van der Waals surface area contributed by atoms with Gasteiger partial charge >= 0.3 is 0 Å². The number of fused-ring (bicyclic) bond motifs is 1. The Morgan fingerprint density at radius 3 is 2.39 bits per heavy atom. The van der Waals surface area contributed by atoms with Crippen LogP contribution in [0, 0.1) is 6.92 Å². The first-order valence-electron chi connectivity index (χ1n) is 12.8. The first kappa shape index (κ1) is 27.8. The molecule has 0 bridgehead atoms. The lowest BCUT2D eigenvalue weighted by molar-refractivity contribution is -0.114. The standard InChI is InChI=1S/C32H26N4O3S2/c1-21-15-16-26-28(17-21)41-32(35-26)36-29(37)20-40-25-14-8-13-24(19-25)33-31(39)27(18-22-9-4-2-5-10-22)34-30(38)23-11-6-3-7-12-23/h2-19H,20H2,1H3,(H,33,39)(H,34,38)(H,35,36,37)/b27-18-. The number of hydrogen-bond donors (Lipinski definition) is 3. The highest BCUT2D eigenvalue weighted by molar-refractivity contribution is 8.00. The van der Waals surface area contributed by atoms with Crippen LogP contribution in [0.2, 0.25) is 0 Å². The van der Waals surface area contributed by atoms with Crippen molar-refractivity contribution in [3.8, 4) is 0 Å². The van der Waals surface area contributed by atoms with Crippen molar-refractivity contribution < 1.29 is 14.4 Å². The number of rotatable bonds is 9. The molecule has 9 heteroatoms. The molecule has 0 radical (unpaired) electrons. The van der Waals surface area contributed by atoms with E-state index in [2.05, 4.69) is 20.9 Å². The van der Waals surface area contributed by atoms with E-state index in [0.717, 1.165) is 26.2 Å². The smallest absolute Gasteiger partial charge is 0.272 e. The van der Waals surface area contributed by atoms with Crippen LogP contribution in [-0.2, 0) is 9.59 Å². The van der Waals surface area contributed by atoms with E-state index in [1.54, 1.807) is 48.5 Å². The lowest BCUT2D eigenvalue weighted by atomic mass is 10.1. The van der Waals surface area contributed by atoms with Gasteiger partial charge in [-0.05, 0) is 66.6 Å². The molecule has 0 unspecified atom stereocenters. The summed E-state index contributed by atoms with van der Waals surface area (Å²) in [5.74, 6) is -0.846. The van der Waals surface area contributed by atoms with Gasteiger partial charge in [-0.2, -0.15) is 0 Å². The molecular weight excluding hydrogens is 553 g/mol. The maximum atomic E-state index is 13.3. The molecular formula is C32H26N4O3S2. The third-order valence-electron chi connectivity index (χ3n) is 5.89. The molecule has 4 aromatic carbocycles. The Morgan fingerprint density at radius 2 is 1.61 bits per heavy atom. The highest BCUT2D eigenvalue weighted by Crippen LogP contribution is 2.27. The largest absolute Gasteiger partial charge is 0.321 e. The Bertz CT molecular complexity index is 1730. The summed E-state index contributed by atoms with van der Waals surface area (Å²) in [6.45, 7) is 2.02. The lowest BCUT2D eigenvalue weighted by Gasteiger charge is -2.12. The third kappa shape index (κ3) is 7.69. The molecule has 1 aromatic heterocycles. The van der Waals surface area contributed by atoms with Gasteiger partial charge in [-0.15, -0.1) is 11.8 Å². The summed E-state index contributed by atoms with van der Waals surface area (Å²) in [4.78, 5) is 44.0. The molecule has 204 valence electrons. The number of nitrogens with one attached hydrogen (secondary N) is 3. The van der Waals surface area contributed by atoms with Gasteiger partial charge in [-0.1, -0.05) is 72.0 Å². The normalized spacial score (nSPS) is 11.2. The van der Waals surface area contributed by atoms with E-state index < -0.39 is 5.91 Å². The second-order valence-electron chi connectivity index (χ2n) is 9.10. The minimum atomic E-state index is -0.468. The molecule has 1 heterocycles. The zero-order chi connectivity index (χ0) is 28.6. The third-order valence-corrected chi connectivity index (χ3v) is 7.82. The van der Waals surface area contributed by atoms with Gasteiger partial charge in [-0.25, -0.2) is 4.98 Å². The second-order valence-corrected chi connectivity index (χ2v) is 11.2. The van der Waals surface area contributed by atoms with Gasteiger partial charge in [0.2, 0.25) is 5.91 Å². The highest BCUT2D eigenvalue weighted by atomic mass is 32.2. The molecule has 3 amide bonds. The SMILES string of the molecule is Cc1ccc2nc(NC(=O)CSc3cccc(NC(=O)/C(=C/c4ccccc4)NC(=O)c4ccccc4)c3)sc2c1. The zero-order valence-electron chi connectivity index (χ0n) is 22.1. The fourth-order valence-corrected chi connectivity index (χ4v) is 5.65. The number of thiazole rings is 1. The minimum absolute atomic E-state index is 0.105. The average molecular weight is 579 g/mol. The Hall–Kier alpha value is -4.73. The number of nitrogens with zero attached hydrogens (tertiary/aromatic N) is 1. The van der Waals surface area contributed by atoms with Crippen LogP contribution < -0.4 is 16.0 Å². The van der Waals surface area contributed by atoms with Crippen molar-refractivity contribution in [2.45, 2.75) is 11.8 Å². The molecule has 0 aliphatic heterocycles. The van der Waals surface area contributed by atoms with Crippen LogP contribution in [-0.4, -0.2) is 28.5 Å². The van der Waals surface area contributed by atoms with E-state index in [9.17, 15) is 14.4 Å². The van der Waals surface area contributed by atoms with Crippen molar-refractivity contribution in [1.29, 1.82) is 0 Å². The van der Waals surface area contributed by atoms with Crippen LogP contribution in [0.5, 0.6) is 0 Å². The van der Waals surface area contributed by atoms with Crippen molar-refractivity contribution in [3.05, 3.63) is 126 Å². The van der Waals surface area contributed by atoms with E-state index in [4.69, 9.17) is 0 Å². The number of benzene rings is 4. The van der Waals surface area contributed by atoms with E-state index in [0.29, 0.717) is 16.4 Å². The molecule has 7 nitrogen and oxygen atoms in total. The number of carbonyl (C=O) groups is 3. The first-order valence-corrected chi connectivity index (χ1v) is 14.6. The summed E-state index contributed by atoms with van der Waals surface area (Å²) < 4.78 is 1.03. The highest BCUT2D eigenvalue weighted by Gasteiger charge is 2.16. The summed E-state index contributed by atoms with van der Waals surface area (Å²) in [6, 6.07) is 31.2. The number of aromatic nitrogens is 1. The Balaban J connectivity index is 1.23. The Labute approximate surface area is 245 Å². The summed E-state index contributed by atoms with van der Waals surface area (Å²) >= 11 is 2.79. The Kier molecular flexibility index (Phi) is 8.88. The topological polar surface area (TPSA) is 100 Å². The van der Waals surface area contributed by atoms with Crippen molar-refractivity contribution in [2.24, 2.45) is 0 Å². The summed E-state index contributed by atoms with van der Waals surface area (Å²) in [6.07, 6.45) is 1.63. The Morgan fingerprint density at radius 1 is 0.854 bits per heavy atom. The van der Waals surface area contributed by atoms with Gasteiger partial charge < -0.3 is 16.0 Å². The summed E-state index contributed by atoms with van der Waals surface area (Å²) in [5.41, 5.74) is 3.85. The molecule has 0 saturated heterocycles. The second kappa shape index (κ2) is 13.1. The van der Waals surface area contributed by atoms with Crippen molar-refractivity contribution in [3.63, 3.8) is 0 Å². The van der Waals surface area contributed by atoms with Crippen LogP contribution >= 0.6 is 23.1 Å². The van der Waals surface area contributed by atoms with Crippen LogP contribution in [0.3, 0.4) is 0 Å². The number of anilines is 2. The summed E-state index contributed by atoms with van der Waals surface area (Å²) in [7, 11) is 0. The van der Waals surface area contributed by atoms with Gasteiger partial charge in [0, 0.05) is 16.1 Å². The number of aryl methyl sites for hydroxylation is 1. The average Bonchev–Trinajstić information content (AvgIpc) is 3.38. The van der Waals surface area contributed by atoms with Crippen molar-refractivity contribution in [1.82, 2.24) is 10.3 Å². The van der Waals surface area contributed by atoms with Gasteiger partial charge in [0.25, 0.3) is 11.8 Å². The number of amides is 3. The fourth-order valence-electron chi connectivity index (χ4n) is 3.91. The maximum Gasteiger partial charge on any atom is 0.272 e. The molecule has 0 saturated carbocycles. The van der Waals surface area contributed by atoms with Gasteiger partial charge in [0.05, 0.1) is 16.0 Å². The molecule has 0 aliphatic rings. The number of thioether (sulfide) groups is 1. The first-order chi connectivity index (χ1) is 19.9. The molecule has 41 heavy (non-hydrogen) atoms. The summed E-state index contributed by atoms with van der Waals surface area (Å²) in [5, 5.41) is 9.03. The van der Waals surface area contributed by atoms with E-state index in [1.165, 1.54) is 23.1 Å². The number of hydrogen-bond acceptors (Lipinski definition) is 6. The molecule has 5 aromatic rings. The van der Waals surface area contributed by atoms with Gasteiger partial charge in [0.15, 0.2) is 5.13 Å². The fraction of sp³-hybridized carbons (Fsp3) is 0.0625. The molecule has 0 atom stereocenters. The van der Waals surface area contributed by atoms with Crippen molar-refractivity contribution in [2.75, 3.05) is 16.4 Å². The monoisotopic (exact) mass is 578 g/mol. The van der Waals surface area contributed by atoms with Gasteiger partial charge in [-0.3, -0.25) is 14.4 Å². The lowest BCUT2D eigenvalue weighted by Crippen LogP contribution is -2.30. The molecule has 0 fully saturated rings. The van der Waals surface area contributed by atoms with E-state index in [-0.39, 0.29) is 23.3 Å². The molecule has 3 N–H and O–H groups in total. The zero-order valence-corrected chi connectivity index (χ0v) is 23.7. The van der Waals surface area contributed by atoms with Crippen LogP contribution in [0.15, 0.2) is 114 Å². The molecule has 0 spiro atoms. The van der Waals surface area contributed by atoms with Crippen LogP contribution in [0.1, 0.15) is 21.5 Å². The van der Waals surface area contributed by atoms with E-state index >= 15 is 0 Å².